The number of nitrogens with one attached hydrogen (secondary N) is 2. The number of carbonyl (C=O) groups excluding carboxylic acids is 1. The van der Waals surface area contributed by atoms with Gasteiger partial charge < -0.3 is 19.6 Å². The molecule has 0 spiro atoms. The van der Waals surface area contributed by atoms with Gasteiger partial charge in [0.25, 0.3) is 5.89 Å². The zero-order valence-corrected chi connectivity index (χ0v) is 14.1. The van der Waals surface area contributed by atoms with E-state index in [1.807, 2.05) is 17.2 Å². The number of piperidine rings is 1. The topological polar surface area (TPSA) is 99.9 Å². The summed E-state index contributed by atoms with van der Waals surface area (Å²) in [4.78, 5) is 21.5. The predicted molar refractivity (Wildman–Crippen MR) is 96.1 cm³/mol. The number of hydrogen-bond acceptors (Lipinski definition) is 6. The molecular formula is C18H18N6O2. The second-order valence-electron chi connectivity index (χ2n) is 6.23. The van der Waals surface area contributed by atoms with Crippen LogP contribution in [0.1, 0.15) is 19.3 Å². The minimum atomic E-state index is -0.00218. The highest BCUT2D eigenvalue weighted by Crippen LogP contribution is 2.33. The molecule has 8 nitrogen and oxygen atoms in total. The summed E-state index contributed by atoms with van der Waals surface area (Å²) in [5.74, 6) is 2.83. The first-order chi connectivity index (χ1) is 12.8. The lowest BCUT2D eigenvalue weighted by Crippen LogP contribution is -2.45. The molecule has 3 aromatic rings. The maximum absolute atomic E-state index is 12.1. The van der Waals surface area contributed by atoms with E-state index in [0.29, 0.717) is 12.4 Å². The fraction of sp³-hybridized carbons (Fsp3) is 0.333. The van der Waals surface area contributed by atoms with Gasteiger partial charge in [0.05, 0.1) is 17.7 Å². The first-order valence-electron chi connectivity index (χ1n) is 8.46. The van der Waals surface area contributed by atoms with Gasteiger partial charge in [0.1, 0.15) is 5.65 Å². The van der Waals surface area contributed by atoms with Crippen molar-refractivity contribution in [1.82, 2.24) is 25.1 Å². The molecule has 0 aromatic carbocycles. The Kier molecular flexibility index (Phi) is 4.27. The number of pyridine rings is 1. The van der Waals surface area contributed by atoms with Gasteiger partial charge in [-0.3, -0.25) is 4.79 Å². The number of nitrogens with zero attached hydrogens (tertiary/aromatic N) is 4. The standard InChI is InChI=1S/C18H18N6O2/c1-2-4-15(25)24-8-3-5-12(10-24)22-16-13-6-7-19-17(13)20-9-14(16)18-23-21-11-26-18/h1,6-7,9,11-12H,3-5,8,10H2,(H2,19,20,22)/t12-/m1/s1. The molecule has 1 aliphatic rings. The van der Waals surface area contributed by atoms with E-state index < -0.39 is 0 Å². The molecule has 26 heavy (non-hydrogen) atoms. The molecule has 1 aliphatic heterocycles. The van der Waals surface area contributed by atoms with Crippen LogP contribution < -0.4 is 5.32 Å². The van der Waals surface area contributed by atoms with Crippen LogP contribution in [0, 0.1) is 12.3 Å². The summed E-state index contributed by atoms with van der Waals surface area (Å²) >= 11 is 0. The Balaban J connectivity index is 1.64. The lowest BCUT2D eigenvalue weighted by atomic mass is 10.0. The highest BCUT2D eigenvalue weighted by molar-refractivity contribution is 5.97. The zero-order valence-electron chi connectivity index (χ0n) is 14.1. The monoisotopic (exact) mass is 350 g/mol. The summed E-state index contributed by atoms with van der Waals surface area (Å²) in [7, 11) is 0. The summed E-state index contributed by atoms with van der Waals surface area (Å²) in [5, 5.41) is 12.3. The van der Waals surface area contributed by atoms with E-state index in [4.69, 9.17) is 10.8 Å². The maximum atomic E-state index is 12.1. The van der Waals surface area contributed by atoms with Crippen LogP contribution in [0.4, 0.5) is 5.69 Å². The Hall–Kier alpha value is -3.34. The molecule has 4 heterocycles. The van der Waals surface area contributed by atoms with Crippen molar-refractivity contribution in [3.05, 3.63) is 24.9 Å². The molecular weight excluding hydrogens is 332 g/mol. The van der Waals surface area contributed by atoms with E-state index >= 15 is 0 Å². The average Bonchev–Trinajstić information content (AvgIpc) is 3.34. The predicted octanol–water partition coefficient (Wildman–Crippen LogP) is 2.04. The van der Waals surface area contributed by atoms with Crippen LogP contribution in [-0.2, 0) is 4.79 Å². The Bertz CT molecular complexity index is 956. The lowest BCUT2D eigenvalue weighted by molar-refractivity contribution is -0.131. The van der Waals surface area contributed by atoms with E-state index in [1.54, 1.807) is 6.20 Å². The molecule has 2 N–H and O–H groups in total. The Morgan fingerprint density at radius 1 is 1.54 bits per heavy atom. The SMILES string of the molecule is C#CCC(=O)N1CCC[C@@H](Nc2c(-c3nnco3)cnc3[nH]ccc23)C1. The smallest absolute Gasteiger partial charge is 0.251 e. The van der Waals surface area contributed by atoms with E-state index in [1.165, 1.54) is 6.39 Å². The van der Waals surface area contributed by atoms with Crippen molar-refractivity contribution < 1.29 is 9.21 Å². The van der Waals surface area contributed by atoms with Gasteiger partial charge in [-0.15, -0.1) is 16.6 Å². The average molecular weight is 350 g/mol. The second-order valence-corrected chi connectivity index (χ2v) is 6.23. The van der Waals surface area contributed by atoms with Crippen molar-refractivity contribution in [1.29, 1.82) is 0 Å². The van der Waals surface area contributed by atoms with Crippen LogP contribution in [0.2, 0.25) is 0 Å². The number of hydrogen-bond donors (Lipinski definition) is 2. The molecule has 0 radical (unpaired) electrons. The number of anilines is 1. The largest absolute Gasteiger partial charge is 0.423 e. The third kappa shape index (κ3) is 2.99. The van der Waals surface area contributed by atoms with Crippen molar-refractivity contribution in [2.75, 3.05) is 18.4 Å². The number of terminal acetylenes is 1. The molecule has 4 rings (SSSR count). The number of fused-ring (bicyclic) bond motifs is 1. The molecule has 0 bridgehead atoms. The first kappa shape index (κ1) is 16.1. The van der Waals surface area contributed by atoms with Crippen molar-refractivity contribution in [3.8, 4) is 23.8 Å². The number of likely N-dealkylation sites (tertiary alicyclic amines) is 1. The lowest BCUT2D eigenvalue weighted by Gasteiger charge is -2.33. The summed E-state index contributed by atoms with van der Waals surface area (Å²) in [6, 6.07) is 2.06. The molecule has 0 unspecified atom stereocenters. The summed E-state index contributed by atoms with van der Waals surface area (Å²) in [6.45, 7) is 1.35. The number of amides is 1. The summed E-state index contributed by atoms with van der Waals surface area (Å²) in [6.07, 6.45) is 12.1. The fourth-order valence-electron chi connectivity index (χ4n) is 3.34. The van der Waals surface area contributed by atoms with Crippen LogP contribution in [0.15, 0.2) is 29.3 Å². The van der Waals surface area contributed by atoms with Gasteiger partial charge in [0.2, 0.25) is 12.3 Å². The number of rotatable bonds is 4. The number of aromatic nitrogens is 4. The number of aromatic amines is 1. The zero-order chi connectivity index (χ0) is 17.9. The maximum Gasteiger partial charge on any atom is 0.251 e. The van der Waals surface area contributed by atoms with Crippen LogP contribution in [0.25, 0.3) is 22.5 Å². The Morgan fingerprint density at radius 2 is 2.46 bits per heavy atom. The van der Waals surface area contributed by atoms with Crippen LogP contribution >= 0.6 is 0 Å². The minimum absolute atomic E-state index is 0.00218. The first-order valence-corrected chi connectivity index (χ1v) is 8.46. The third-order valence-corrected chi connectivity index (χ3v) is 4.55. The van der Waals surface area contributed by atoms with E-state index in [0.717, 1.165) is 41.7 Å². The normalized spacial score (nSPS) is 17.2. The molecule has 132 valence electrons. The third-order valence-electron chi connectivity index (χ3n) is 4.55. The van der Waals surface area contributed by atoms with Gasteiger partial charge in [-0.2, -0.15) is 0 Å². The molecule has 0 saturated carbocycles. The Morgan fingerprint density at radius 3 is 3.27 bits per heavy atom. The summed E-state index contributed by atoms with van der Waals surface area (Å²) < 4.78 is 5.37. The van der Waals surface area contributed by atoms with Crippen LogP contribution in [-0.4, -0.2) is 50.1 Å². The molecule has 0 aliphatic carbocycles. The number of carbonyl (C=O) groups is 1. The van der Waals surface area contributed by atoms with E-state index in [9.17, 15) is 4.79 Å². The quantitative estimate of drug-likeness (QED) is 0.699. The summed E-state index contributed by atoms with van der Waals surface area (Å²) in [5.41, 5.74) is 2.38. The van der Waals surface area contributed by atoms with Gasteiger partial charge in [-0.05, 0) is 18.9 Å². The molecule has 1 saturated heterocycles. The van der Waals surface area contributed by atoms with Crippen molar-refractivity contribution in [2.24, 2.45) is 0 Å². The van der Waals surface area contributed by atoms with E-state index in [-0.39, 0.29) is 18.4 Å². The van der Waals surface area contributed by atoms with E-state index in [2.05, 4.69) is 31.4 Å². The van der Waals surface area contributed by atoms with Crippen LogP contribution in [0.5, 0.6) is 0 Å². The van der Waals surface area contributed by atoms with Crippen molar-refractivity contribution in [2.45, 2.75) is 25.3 Å². The van der Waals surface area contributed by atoms with Gasteiger partial charge in [0, 0.05) is 36.9 Å². The highest BCUT2D eigenvalue weighted by Gasteiger charge is 2.25. The molecule has 1 amide bonds. The van der Waals surface area contributed by atoms with Gasteiger partial charge in [-0.25, -0.2) is 4.98 Å². The minimum Gasteiger partial charge on any atom is -0.423 e. The fourth-order valence-corrected chi connectivity index (χ4v) is 3.34. The molecule has 1 atom stereocenters. The number of H-pyrrole nitrogens is 1. The Labute approximate surface area is 150 Å². The highest BCUT2D eigenvalue weighted by atomic mass is 16.4. The van der Waals surface area contributed by atoms with Gasteiger partial charge in [-0.1, -0.05) is 5.92 Å². The molecule has 1 fully saturated rings. The molecule has 8 heteroatoms. The van der Waals surface area contributed by atoms with Gasteiger partial charge in [0.15, 0.2) is 0 Å². The second kappa shape index (κ2) is 6.88. The van der Waals surface area contributed by atoms with Crippen LogP contribution in [0.3, 0.4) is 0 Å². The van der Waals surface area contributed by atoms with Crippen molar-refractivity contribution >= 4 is 22.6 Å². The van der Waals surface area contributed by atoms with Gasteiger partial charge >= 0.3 is 0 Å². The molecule has 3 aromatic heterocycles. The van der Waals surface area contributed by atoms with Crippen molar-refractivity contribution in [3.63, 3.8) is 0 Å².